The largest absolute Gasteiger partial charge is 0.499 e. The molecule has 0 unspecified atom stereocenters. The van der Waals surface area contributed by atoms with Crippen LogP contribution < -0.4 is 0 Å². The monoisotopic (exact) mass is 539 g/mol. The molecule has 0 spiro atoms. The number of hydrogen-bond donors (Lipinski definition) is 9. The van der Waals surface area contributed by atoms with Gasteiger partial charge in [0.05, 0.1) is 19.8 Å². The van der Waals surface area contributed by atoms with Gasteiger partial charge in [-0.3, -0.25) is 0 Å². The molecular weight excluding hydrogens is 518 g/mol. The Kier molecular flexibility index (Phi) is 8.28. The van der Waals surface area contributed by atoms with E-state index >= 15 is 0 Å². The molecule has 0 saturated heterocycles. The molecule has 0 saturated carbocycles. The van der Waals surface area contributed by atoms with Crippen LogP contribution in [0, 0.1) is 0 Å². The van der Waals surface area contributed by atoms with Crippen LogP contribution in [0.15, 0.2) is 34.6 Å². The molecule has 0 amide bonds. The normalized spacial score (nSPS) is 26.4. The fourth-order valence-corrected chi connectivity index (χ4v) is 3.01. The molecule has 6 atom stereocenters. The quantitative estimate of drug-likeness (QED) is 0.0638. The minimum Gasteiger partial charge on any atom is -0.499 e. The van der Waals surface area contributed by atoms with Gasteiger partial charge in [0.1, 0.15) is 18.3 Å². The molecule has 3 aliphatic heterocycles. The van der Waals surface area contributed by atoms with Crippen molar-refractivity contribution in [1.29, 1.82) is 0 Å². The molecule has 0 bridgehead atoms. The lowest BCUT2D eigenvalue weighted by atomic mass is 10.2. The van der Waals surface area contributed by atoms with Crippen LogP contribution in [0.25, 0.3) is 0 Å². The molecule has 0 aromatic rings. The average Bonchev–Trinajstić information content (AvgIpc) is 3.44. The van der Waals surface area contributed by atoms with Crippen molar-refractivity contribution in [1.82, 2.24) is 5.39 Å². The van der Waals surface area contributed by atoms with Crippen molar-refractivity contribution >= 4 is 17.9 Å². The Hall–Kier alpha value is -3.85. The molecule has 3 rings (SSSR count). The zero-order chi connectivity index (χ0) is 27.6. The van der Waals surface area contributed by atoms with E-state index in [1.165, 1.54) is 0 Å². The molecule has 9 N–H and O–H groups in total. The first-order chi connectivity index (χ1) is 17.4. The number of hydrogen-bond acceptors (Lipinski definition) is 19. The Morgan fingerprint density at radius 3 is 1.05 bits per heavy atom. The van der Waals surface area contributed by atoms with Crippen LogP contribution in [0.5, 0.6) is 0 Å². The molecule has 3 heterocycles. The maximum Gasteiger partial charge on any atom is 0.378 e. The summed E-state index contributed by atoms with van der Waals surface area (Å²) in [6.45, 7) is -3.09. The first kappa shape index (κ1) is 27.7. The predicted molar refractivity (Wildman–Crippen MR) is 103 cm³/mol. The highest BCUT2D eigenvalue weighted by molar-refractivity contribution is 5.90. The van der Waals surface area contributed by atoms with Gasteiger partial charge in [0.25, 0.3) is 0 Å². The van der Waals surface area contributed by atoms with Crippen molar-refractivity contribution in [3.63, 3.8) is 0 Å². The third-order valence-corrected chi connectivity index (χ3v) is 4.89. The van der Waals surface area contributed by atoms with Crippen molar-refractivity contribution in [3.8, 4) is 0 Å². The van der Waals surface area contributed by atoms with Crippen molar-refractivity contribution in [2.45, 2.75) is 36.6 Å². The standard InChI is InChI=1S/C18H21NO18/c20-1-4(23)10-13(7(26)16(29)32-10)35-19(36-14-8(27)17(30)33-11(14)5(24)2-21)37-15-9(28)18(31)34-12(15)6(25)3-22/h4-6,10-12,20-28H,1-3H2/t4-,5-,6-,10+,11+,12+/m0/s1. The highest BCUT2D eigenvalue weighted by atomic mass is 17.2. The number of rotatable bonds is 12. The van der Waals surface area contributed by atoms with Crippen LogP contribution in [-0.4, -0.2) is 126 Å². The van der Waals surface area contributed by atoms with Crippen molar-refractivity contribution in [2.24, 2.45) is 0 Å². The van der Waals surface area contributed by atoms with E-state index in [-0.39, 0.29) is 5.39 Å². The topological polar surface area (TPSA) is 292 Å². The number of carbonyl (C=O) groups excluding carboxylic acids is 3. The molecule has 0 fully saturated rings. The van der Waals surface area contributed by atoms with Gasteiger partial charge in [0, 0.05) is 0 Å². The number of nitrogens with zero attached hydrogens (tertiary/aromatic N) is 1. The van der Waals surface area contributed by atoms with Gasteiger partial charge in [-0.2, -0.15) is 0 Å². The molecule has 206 valence electrons. The van der Waals surface area contributed by atoms with E-state index in [0.29, 0.717) is 0 Å². The fraction of sp³-hybridized carbons (Fsp3) is 0.500. The predicted octanol–water partition coefficient (Wildman–Crippen LogP) is -4.77. The number of carbonyl (C=O) groups is 3. The van der Waals surface area contributed by atoms with Gasteiger partial charge in [-0.15, -0.1) is 0 Å². The Bertz CT molecular complexity index is 905. The summed E-state index contributed by atoms with van der Waals surface area (Å²) in [6, 6.07) is 0. The minimum absolute atomic E-state index is 0.320. The lowest BCUT2D eigenvalue weighted by Gasteiger charge is -2.27. The molecule has 19 nitrogen and oxygen atoms in total. The highest BCUT2D eigenvalue weighted by Gasteiger charge is 2.48. The number of ether oxygens (including phenoxy) is 3. The number of aliphatic hydroxyl groups is 9. The van der Waals surface area contributed by atoms with Gasteiger partial charge in [-0.1, -0.05) is 0 Å². The molecular formula is C18H21NO18. The van der Waals surface area contributed by atoms with Crippen LogP contribution >= 0.6 is 0 Å². The number of aliphatic hydroxyl groups excluding tert-OH is 9. The van der Waals surface area contributed by atoms with Gasteiger partial charge in [-0.25, -0.2) is 14.4 Å². The van der Waals surface area contributed by atoms with Gasteiger partial charge < -0.3 is 74.7 Å². The van der Waals surface area contributed by atoms with E-state index in [4.69, 9.17) is 14.5 Å². The van der Waals surface area contributed by atoms with Crippen LogP contribution in [0.1, 0.15) is 0 Å². The third kappa shape index (κ3) is 5.32. The minimum atomic E-state index is -1.90. The highest BCUT2D eigenvalue weighted by Crippen LogP contribution is 2.33. The summed E-state index contributed by atoms with van der Waals surface area (Å²) in [5, 5.41) is 86.9. The van der Waals surface area contributed by atoms with E-state index in [2.05, 4.69) is 14.2 Å². The van der Waals surface area contributed by atoms with Gasteiger partial charge in [-0.05, 0) is 0 Å². The Morgan fingerprint density at radius 2 is 0.838 bits per heavy atom. The summed E-state index contributed by atoms with van der Waals surface area (Å²) >= 11 is 0. The Labute approximate surface area is 204 Å². The Morgan fingerprint density at radius 1 is 0.595 bits per heavy atom. The molecule has 0 aromatic heterocycles. The second kappa shape index (κ2) is 11.0. The molecule has 0 aliphatic carbocycles. The third-order valence-electron chi connectivity index (χ3n) is 4.89. The maximum atomic E-state index is 11.8. The van der Waals surface area contributed by atoms with E-state index in [1.807, 2.05) is 0 Å². The van der Waals surface area contributed by atoms with Gasteiger partial charge >= 0.3 is 17.9 Å². The summed E-state index contributed by atoms with van der Waals surface area (Å²) in [7, 11) is 0. The lowest BCUT2D eigenvalue weighted by Crippen LogP contribution is -2.39. The maximum absolute atomic E-state index is 11.8. The number of cyclic esters (lactones) is 3. The number of esters is 3. The zero-order valence-corrected chi connectivity index (χ0v) is 18.2. The summed E-state index contributed by atoms with van der Waals surface area (Å²) < 4.78 is 13.9. The second-order valence-electron chi connectivity index (χ2n) is 7.36. The lowest BCUT2D eigenvalue weighted by molar-refractivity contribution is -0.495. The van der Waals surface area contributed by atoms with E-state index in [1.54, 1.807) is 0 Å². The first-order valence-corrected chi connectivity index (χ1v) is 10.1. The average molecular weight is 539 g/mol. The summed E-state index contributed by atoms with van der Waals surface area (Å²) in [4.78, 5) is 50.5. The van der Waals surface area contributed by atoms with E-state index in [9.17, 15) is 60.3 Å². The summed E-state index contributed by atoms with van der Waals surface area (Å²) in [6.07, 6.45) is -11.4. The van der Waals surface area contributed by atoms with Gasteiger partial charge in [0.2, 0.25) is 39.9 Å². The van der Waals surface area contributed by atoms with E-state index < -0.39 is 109 Å². The van der Waals surface area contributed by atoms with Crippen molar-refractivity contribution < 1.29 is 89.1 Å². The molecule has 0 radical (unpaired) electrons. The Balaban J connectivity index is 2.02. The molecule has 3 aliphatic rings. The SMILES string of the molecule is O=C1O[C@H]([C@@H](O)CO)C(ON(OC2=C(O)C(=O)O[C@@H]2[C@@H](O)CO)OC2=C(O)C(=O)O[C@@H]2[C@@H](O)CO)=C1O. The van der Waals surface area contributed by atoms with Gasteiger partial charge in [0.15, 0.2) is 18.3 Å². The smallest absolute Gasteiger partial charge is 0.378 e. The van der Waals surface area contributed by atoms with Crippen LogP contribution in [0.3, 0.4) is 0 Å². The zero-order valence-electron chi connectivity index (χ0n) is 18.2. The van der Waals surface area contributed by atoms with Crippen molar-refractivity contribution in [3.05, 3.63) is 34.6 Å². The molecule has 37 heavy (non-hydrogen) atoms. The fourth-order valence-electron chi connectivity index (χ4n) is 3.01. The van der Waals surface area contributed by atoms with Crippen LogP contribution in [0.2, 0.25) is 0 Å². The second-order valence-corrected chi connectivity index (χ2v) is 7.36. The summed E-state index contributed by atoms with van der Waals surface area (Å²) in [5.41, 5.74) is 0. The van der Waals surface area contributed by atoms with Crippen molar-refractivity contribution in [2.75, 3.05) is 19.8 Å². The molecule has 0 aromatic carbocycles. The first-order valence-electron chi connectivity index (χ1n) is 10.1. The van der Waals surface area contributed by atoms with Crippen LogP contribution in [-0.2, 0) is 43.1 Å². The van der Waals surface area contributed by atoms with E-state index in [0.717, 1.165) is 0 Å². The molecule has 19 heteroatoms. The summed E-state index contributed by atoms with van der Waals surface area (Å²) in [5.74, 6) is -11.3. The van der Waals surface area contributed by atoms with Crippen LogP contribution in [0.4, 0.5) is 0 Å².